The molecule has 2 aliphatic rings. The summed E-state index contributed by atoms with van der Waals surface area (Å²) in [5.74, 6) is -0.941. The Balaban J connectivity index is 1.53. The summed E-state index contributed by atoms with van der Waals surface area (Å²) in [6.45, 7) is 2.19. The Bertz CT molecular complexity index is 1330. The van der Waals surface area contributed by atoms with Crippen molar-refractivity contribution in [3.8, 4) is 0 Å². The lowest BCUT2D eigenvalue weighted by atomic mass is 9.88. The third-order valence-electron chi connectivity index (χ3n) is 5.56. The molecule has 0 saturated carbocycles. The van der Waals surface area contributed by atoms with Crippen LogP contribution in [0, 0.1) is 5.92 Å². The fourth-order valence-electron chi connectivity index (χ4n) is 3.90. The minimum absolute atomic E-state index is 0.118. The zero-order valence-corrected chi connectivity index (χ0v) is 19.4. The molecule has 0 bridgehead atoms. The molecule has 176 valence electrons. The van der Waals surface area contributed by atoms with Crippen LogP contribution in [-0.2, 0) is 15.0 Å². The Morgan fingerprint density at radius 2 is 2.00 bits per heavy atom. The second-order valence-corrected chi connectivity index (χ2v) is 8.68. The number of hydrogen-bond donors (Lipinski definition) is 2. The van der Waals surface area contributed by atoms with E-state index in [0.29, 0.717) is 53.4 Å². The fourth-order valence-corrected chi connectivity index (χ4v) is 4.71. The summed E-state index contributed by atoms with van der Waals surface area (Å²) in [6, 6.07) is 6.47. The smallest absolute Gasteiger partial charge is 0.273 e. The summed E-state index contributed by atoms with van der Waals surface area (Å²) in [5, 5.41) is 8.58. The normalized spacial score (nSPS) is 17.9. The molecule has 0 spiro atoms. The number of amides is 2. The zero-order chi connectivity index (χ0) is 24.2. The number of hydrazone groups is 1. The Morgan fingerprint density at radius 1 is 1.24 bits per heavy atom. The molecule has 1 unspecified atom stereocenters. The van der Waals surface area contributed by atoms with Crippen molar-refractivity contribution in [2.75, 3.05) is 19.0 Å². The molecular weight excluding hydrogens is 458 g/mol. The van der Waals surface area contributed by atoms with E-state index in [4.69, 9.17) is 4.74 Å². The molecule has 2 amide bonds. The molecule has 0 fully saturated rings. The van der Waals surface area contributed by atoms with Crippen molar-refractivity contribution in [1.82, 2.24) is 15.0 Å². The van der Waals surface area contributed by atoms with Gasteiger partial charge in [0.15, 0.2) is 0 Å². The van der Waals surface area contributed by atoms with E-state index in [1.165, 1.54) is 24.6 Å². The van der Waals surface area contributed by atoms with Gasteiger partial charge in [0.2, 0.25) is 10.3 Å². The molecule has 1 aliphatic carbocycles. The highest BCUT2D eigenvalue weighted by Gasteiger charge is 2.32. The van der Waals surface area contributed by atoms with E-state index in [9.17, 15) is 18.0 Å². The van der Waals surface area contributed by atoms with E-state index in [0.717, 1.165) is 0 Å². The van der Waals surface area contributed by atoms with Crippen LogP contribution in [0.2, 0.25) is 0 Å². The van der Waals surface area contributed by atoms with Crippen LogP contribution in [0.5, 0.6) is 0 Å². The molecule has 4 rings (SSSR count). The second kappa shape index (κ2) is 9.87. The van der Waals surface area contributed by atoms with E-state index >= 15 is 0 Å². The first-order valence-corrected chi connectivity index (χ1v) is 11.6. The molecule has 1 aliphatic heterocycles. The van der Waals surface area contributed by atoms with Gasteiger partial charge in [0.1, 0.15) is 16.3 Å². The van der Waals surface area contributed by atoms with Crippen LogP contribution in [0.25, 0.3) is 0 Å². The van der Waals surface area contributed by atoms with Gasteiger partial charge in [-0.25, -0.2) is 9.99 Å². The molecule has 11 heteroatoms. The van der Waals surface area contributed by atoms with Crippen molar-refractivity contribution in [3.63, 3.8) is 0 Å². The summed E-state index contributed by atoms with van der Waals surface area (Å²) >= 11 is 0. The third-order valence-corrected chi connectivity index (χ3v) is 6.36. The predicted molar refractivity (Wildman–Crippen MR) is 127 cm³/mol. The Labute approximate surface area is 197 Å². The van der Waals surface area contributed by atoms with Crippen LogP contribution in [0.15, 0.2) is 65.4 Å². The van der Waals surface area contributed by atoms with Crippen LogP contribution in [-0.4, -0.2) is 59.4 Å². The van der Waals surface area contributed by atoms with Gasteiger partial charge in [0, 0.05) is 17.8 Å². The maximum absolute atomic E-state index is 13.1. The number of anilines is 1. The number of imidazole rings is 1. The van der Waals surface area contributed by atoms with Crippen molar-refractivity contribution in [2.45, 2.75) is 19.8 Å². The van der Waals surface area contributed by atoms with E-state index in [1.807, 2.05) is 0 Å². The molecular formula is C23H23N5O5S. The van der Waals surface area contributed by atoms with Crippen LogP contribution in [0.4, 0.5) is 5.69 Å². The maximum Gasteiger partial charge on any atom is 0.273 e. The van der Waals surface area contributed by atoms with Crippen molar-refractivity contribution in [2.24, 2.45) is 11.0 Å². The van der Waals surface area contributed by atoms with Crippen LogP contribution >= 0.6 is 0 Å². The minimum atomic E-state index is -2.50. The number of rotatable bonds is 5. The average molecular weight is 482 g/mol. The lowest BCUT2D eigenvalue weighted by Crippen LogP contribution is -2.37. The fraction of sp³-hybridized carbons (Fsp3) is 0.261. The van der Waals surface area contributed by atoms with Gasteiger partial charge >= 0.3 is 0 Å². The molecule has 2 heterocycles. The van der Waals surface area contributed by atoms with Crippen LogP contribution in [0.3, 0.4) is 0 Å². The standard InChI is InChI=1S/C23H23N5O5S/c1-14-5-10-17(21(34(31)32)20(14)33-2)18-4-3-11-28(27-18)23(30)15-6-8-16(9-7-15)26-22(29)19-12-24-13-25-19/h5-10,12-13,17H,3-4,11H2,1-2H3,(H,24,25)(H,26,29). The highest BCUT2D eigenvalue weighted by Crippen LogP contribution is 2.26. The lowest BCUT2D eigenvalue weighted by Gasteiger charge is -2.28. The number of aromatic nitrogens is 2. The first kappa shape index (κ1) is 23.2. The average Bonchev–Trinajstić information content (AvgIpc) is 3.39. The highest BCUT2D eigenvalue weighted by molar-refractivity contribution is 7.73. The molecule has 1 aromatic carbocycles. The van der Waals surface area contributed by atoms with Crippen molar-refractivity contribution in [3.05, 3.63) is 71.5 Å². The van der Waals surface area contributed by atoms with Gasteiger partial charge in [-0.3, -0.25) is 9.59 Å². The molecule has 2 aromatic rings. The number of methoxy groups -OCH3 is 1. The number of hydrogen-bond acceptors (Lipinski definition) is 7. The molecule has 2 N–H and O–H groups in total. The quantitative estimate of drug-likeness (QED) is 0.630. The topological polar surface area (TPSA) is 134 Å². The number of carbonyl (C=O) groups is 2. The molecule has 0 saturated heterocycles. The number of H-pyrrole nitrogens is 1. The van der Waals surface area contributed by atoms with Gasteiger partial charge in [0.25, 0.3) is 11.8 Å². The third kappa shape index (κ3) is 4.69. The lowest BCUT2D eigenvalue weighted by molar-refractivity contribution is 0.0750. The first-order valence-electron chi connectivity index (χ1n) is 10.6. The van der Waals surface area contributed by atoms with Crippen LogP contribution < -0.4 is 5.32 Å². The summed E-state index contributed by atoms with van der Waals surface area (Å²) in [7, 11) is -1.07. The Kier molecular flexibility index (Phi) is 6.73. The van der Waals surface area contributed by atoms with Gasteiger partial charge in [-0.1, -0.05) is 12.2 Å². The molecule has 34 heavy (non-hydrogen) atoms. The zero-order valence-electron chi connectivity index (χ0n) is 18.6. The number of ether oxygens (including phenoxy) is 1. The van der Waals surface area contributed by atoms with Gasteiger partial charge in [-0.05, 0) is 49.6 Å². The second-order valence-electron chi connectivity index (χ2n) is 7.77. The molecule has 0 radical (unpaired) electrons. The number of nitrogens with one attached hydrogen (secondary N) is 2. The monoisotopic (exact) mass is 481 g/mol. The number of carbonyl (C=O) groups excluding carboxylic acids is 2. The summed E-state index contributed by atoms with van der Waals surface area (Å²) in [4.78, 5) is 31.9. The maximum atomic E-state index is 13.1. The Hall–Kier alpha value is -3.99. The number of benzene rings is 1. The first-order chi connectivity index (χ1) is 16.4. The minimum Gasteiger partial charge on any atom is -0.495 e. The van der Waals surface area contributed by atoms with Gasteiger partial charge in [-0.15, -0.1) is 0 Å². The SMILES string of the molecule is COC1=C(C)C=CC(C2=NN(C(=O)c3ccc(NC(=O)c4cnc[nH]4)cc3)CCC2)C1=S(=O)=O. The van der Waals surface area contributed by atoms with Crippen LogP contribution in [0.1, 0.15) is 40.6 Å². The van der Waals surface area contributed by atoms with E-state index < -0.39 is 16.2 Å². The molecule has 1 atom stereocenters. The summed E-state index contributed by atoms with van der Waals surface area (Å²) in [6.07, 6.45) is 7.62. The predicted octanol–water partition coefficient (Wildman–Crippen LogP) is 2.41. The van der Waals surface area contributed by atoms with Crippen molar-refractivity contribution < 1.29 is 22.7 Å². The molecule has 10 nitrogen and oxygen atoms in total. The van der Waals surface area contributed by atoms with Crippen molar-refractivity contribution in [1.29, 1.82) is 0 Å². The Morgan fingerprint density at radius 3 is 2.65 bits per heavy atom. The summed E-state index contributed by atoms with van der Waals surface area (Å²) < 4.78 is 29.3. The molecule has 1 aromatic heterocycles. The van der Waals surface area contributed by atoms with E-state index in [1.54, 1.807) is 43.3 Å². The highest BCUT2D eigenvalue weighted by atomic mass is 32.2. The van der Waals surface area contributed by atoms with Crippen molar-refractivity contribution >= 4 is 38.4 Å². The van der Waals surface area contributed by atoms with E-state index in [2.05, 4.69) is 20.4 Å². The van der Waals surface area contributed by atoms with E-state index in [-0.39, 0.29) is 16.7 Å². The van der Waals surface area contributed by atoms with Gasteiger partial charge < -0.3 is 15.0 Å². The van der Waals surface area contributed by atoms with Gasteiger partial charge in [-0.2, -0.15) is 13.5 Å². The summed E-state index contributed by atoms with van der Waals surface area (Å²) in [5.41, 5.74) is 2.54. The number of allylic oxidation sites excluding steroid dienone is 4. The number of nitrogens with zero attached hydrogens (tertiary/aromatic N) is 3. The van der Waals surface area contributed by atoms with Gasteiger partial charge in [0.05, 0.1) is 31.3 Å². The largest absolute Gasteiger partial charge is 0.495 e. The number of aromatic amines is 1.